The summed E-state index contributed by atoms with van der Waals surface area (Å²) in [5.41, 5.74) is 4.82. The molecule has 2 heterocycles. The van der Waals surface area contributed by atoms with E-state index in [1.165, 1.54) is 35.8 Å². The highest BCUT2D eigenvalue weighted by Gasteiger charge is 2.40. The van der Waals surface area contributed by atoms with Crippen molar-refractivity contribution in [2.75, 3.05) is 65.6 Å². The Hall–Kier alpha value is -8.78. The van der Waals surface area contributed by atoms with Crippen molar-refractivity contribution in [2.45, 2.75) is 218 Å². The quantitative estimate of drug-likeness (QED) is 0.0227. The number of ether oxygens (including phenoxy) is 4. The fourth-order valence-electron chi connectivity index (χ4n) is 9.72. The molecule has 536 valence electrons. The first-order chi connectivity index (χ1) is 44.8. The van der Waals surface area contributed by atoms with E-state index in [1.807, 2.05) is 0 Å². The highest BCUT2D eigenvalue weighted by Crippen LogP contribution is 2.22. The van der Waals surface area contributed by atoms with Gasteiger partial charge in [0.1, 0.15) is 66.7 Å². The molecule has 2 saturated heterocycles. The highest BCUT2D eigenvalue weighted by molar-refractivity contribution is 5.98. The lowest BCUT2D eigenvalue weighted by atomic mass is 10.1. The van der Waals surface area contributed by atoms with Gasteiger partial charge in [0.25, 0.3) is 0 Å². The molecule has 95 heavy (non-hydrogen) atoms. The van der Waals surface area contributed by atoms with E-state index >= 15 is 0 Å². The molecule has 13 amide bonds. The number of nitrogens with one attached hydrogen (secondary N) is 11. The average molecular weight is 1350 g/mol. The van der Waals surface area contributed by atoms with E-state index < -0.39 is 156 Å². The van der Waals surface area contributed by atoms with E-state index in [9.17, 15) is 72.2 Å². The minimum absolute atomic E-state index is 0.00809. The van der Waals surface area contributed by atoms with Crippen LogP contribution in [0.3, 0.4) is 0 Å². The molecule has 8 atom stereocenters. The Morgan fingerprint density at radius 2 is 0.853 bits per heavy atom. The Morgan fingerprint density at radius 1 is 0.484 bits per heavy atom. The Bertz CT molecular complexity index is 2610. The van der Waals surface area contributed by atoms with E-state index in [-0.39, 0.29) is 97.3 Å². The molecule has 2 aliphatic heterocycles. The van der Waals surface area contributed by atoms with Crippen molar-refractivity contribution >= 4 is 83.5 Å². The van der Waals surface area contributed by atoms with Gasteiger partial charge in [-0.3, -0.25) is 47.9 Å². The number of carboxylic acids is 1. The molecule has 0 spiro atoms. The number of carbonyl (C=O) groups is 14. The minimum Gasteiger partial charge on any atom is -0.480 e. The summed E-state index contributed by atoms with van der Waals surface area (Å²) < 4.78 is 20.3. The number of carbonyl (C=O) groups excluding carboxylic acids is 13. The van der Waals surface area contributed by atoms with Crippen molar-refractivity contribution in [1.82, 2.24) is 68.3 Å². The van der Waals surface area contributed by atoms with Crippen molar-refractivity contribution in [3.05, 3.63) is 25.3 Å². The van der Waals surface area contributed by atoms with Crippen LogP contribution in [0.5, 0.6) is 0 Å². The Kier molecular flexibility index (Phi) is 37.5. The van der Waals surface area contributed by atoms with Crippen LogP contribution in [-0.2, 0) is 66.9 Å². The number of unbranched alkanes of at least 4 members (excludes halogenated alkanes) is 4. The van der Waals surface area contributed by atoms with Gasteiger partial charge in [0, 0.05) is 39.3 Å². The van der Waals surface area contributed by atoms with Gasteiger partial charge in [0.05, 0.1) is 19.1 Å². The molecule has 0 aliphatic carbocycles. The van der Waals surface area contributed by atoms with E-state index in [0.717, 1.165) is 0 Å². The van der Waals surface area contributed by atoms with Gasteiger partial charge in [-0.15, -0.1) is 0 Å². The number of carboxylic acid groups (broad SMARTS) is 1. The van der Waals surface area contributed by atoms with Crippen LogP contribution >= 0.6 is 0 Å². The maximum absolute atomic E-state index is 14.6. The lowest BCUT2D eigenvalue weighted by Crippen LogP contribution is -2.58. The Labute approximate surface area is 555 Å². The molecular weight excluding hydrogens is 1240 g/mol. The molecule has 2 aliphatic rings. The van der Waals surface area contributed by atoms with Gasteiger partial charge in [-0.2, -0.15) is 0 Å². The standard InChI is InChI=1S/C62H104N14O19/c1-11-35-92-57(88)64-29-18-14-24-42(72-47(77)37-68-52(82)45-27-21-33-75(45)54(84)41(63)23-13-17-31-66-59(90)94-61(5,6)7)50(80)70-39(3)49(79)74-44(26-16-20-32-67-60(91)95-62(8,9)10)55(85)76-34-22-28-46(76)53(83)69-38-48(78)73-43(51(81)71-40(4)56(86)87)25-15-19-30-65-58(89)93-36-12-2/h11-12,39-46H,1-2,13-38,63H2,3-10H3,(H,64,88)(H,65,89)(H,66,90)(H,67,91)(H,68,82)(H,69,83)(H,70,80)(H,71,81)(H,72,77)(H,73,78)(H,74,79)(H,86,87)/t39-,40-,41-,42-,43-,44-,45-,46-/m0/s1. The fourth-order valence-corrected chi connectivity index (χ4v) is 9.72. The van der Waals surface area contributed by atoms with Crippen LogP contribution in [-0.4, -0.2) is 224 Å². The van der Waals surface area contributed by atoms with Gasteiger partial charge in [0.15, 0.2) is 0 Å². The third-order valence-electron chi connectivity index (χ3n) is 14.5. The number of alkyl carbamates (subject to hydrolysis) is 4. The normalized spacial score (nSPS) is 16.2. The number of likely N-dealkylation sites (tertiary alicyclic amines) is 2. The summed E-state index contributed by atoms with van der Waals surface area (Å²) >= 11 is 0. The molecule has 2 rings (SSSR count). The molecule has 33 heteroatoms. The van der Waals surface area contributed by atoms with Crippen LogP contribution in [0.2, 0.25) is 0 Å². The maximum Gasteiger partial charge on any atom is 0.407 e. The highest BCUT2D eigenvalue weighted by atomic mass is 16.6. The van der Waals surface area contributed by atoms with E-state index in [2.05, 4.69) is 71.6 Å². The number of rotatable bonds is 41. The number of amides is 13. The van der Waals surface area contributed by atoms with Crippen molar-refractivity contribution in [2.24, 2.45) is 5.73 Å². The monoisotopic (exact) mass is 1350 g/mol. The van der Waals surface area contributed by atoms with E-state index in [0.29, 0.717) is 57.9 Å². The first kappa shape index (κ1) is 82.3. The van der Waals surface area contributed by atoms with E-state index in [4.69, 9.17) is 24.7 Å². The Morgan fingerprint density at radius 3 is 1.24 bits per heavy atom. The third kappa shape index (κ3) is 34.3. The summed E-state index contributed by atoms with van der Waals surface area (Å²) in [6, 6.07) is -9.56. The zero-order chi connectivity index (χ0) is 71.3. The number of nitrogens with two attached hydrogens (primary N) is 1. The molecule has 0 aromatic carbocycles. The number of nitrogens with zero attached hydrogens (tertiary/aromatic N) is 2. The molecular formula is C62H104N14O19. The van der Waals surface area contributed by atoms with Gasteiger partial charge in [0.2, 0.25) is 53.2 Å². The zero-order valence-electron chi connectivity index (χ0n) is 56.3. The number of hydrogen-bond acceptors (Lipinski definition) is 19. The Balaban J connectivity index is 2.24. The number of aliphatic carboxylic acids is 1. The van der Waals surface area contributed by atoms with Gasteiger partial charge in [-0.1, -0.05) is 25.3 Å². The van der Waals surface area contributed by atoms with Crippen LogP contribution in [0.15, 0.2) is 25.3 Å². The molecule has 0 aromatic heterocycles. The first-order valence-corrected chi connectivity index (χ1v) is 32.4. The van der Waals surface area contributed by atoms with Crippen molar-refractivity contribution in [3.8, 4) is 0 Å². The summed E-state index contributed by atoms with van der Waals surface area (Å²) in [7, 11) is 0. The smallest absolute Gasteiger partial charge is 0.407 e. The maximum atomic E-state index is 14.6. The molecule has 14 N–H and O–H groups in total. The second-order valence-electron chi connectivity index (χ2n) is 25.0. The average Bonchev–Trinajstić information content (AvgIpc) is 1.77. The summed E-state index contributed by atoms with van der Waals surface area (Å²) in [5.74, 6) is -7.95. The molecule has 0 saturated carbocycles. The summed E-state index contributed by atoms with van der Waals surface area (Å²) in [5, 5.41) is 37.5. The van der Waals surface area contributed by atoms with Crippen LogP contribution in [0.1, 0.15) is 158 Å². The van der Waals surface area contributed by atoms with Crippen LogP contribution < -0.4 is 64.2 Å². The molecule has 2 fully saturated rings. The van der Waals surface area contributed by atoms with Crippen LogP contribution in [0.25, 0.3) is 0 Å². The summed E-state index contributed by atoms with van der Waals surface area (Å²) in [6.45, 7) is 19.5. The lowest BCUT2D eigenvalue weighted by Gasteiger charge is -2.30. The summed E-state index contributed by atoms with van der Waals surface area (Å²) in [6.07, 6.45) is 4.37. The molecule has 0 bridgehead atoms. The predicted octanol–water partition coefficient (Wildman–Crippen LogP) is 0.631. The second-order valence-corrected chi connectivity index (χ2v) is 25.0. The topological polar surface area (TPSA) is 461 Å². The van der Waals surface area contributed by atoms with Gasteiger partial charge >= 0.3 is 30.3 Å². The molecule has 33 nitrogen and oxygen atoms in total. The van der Waals surface area contributed by atoms with Crippen molar-refractivity contribution in [3.63, 3.8) is 0 Å². The molecule has 0 radical (unpaired) electrons. The van der Waals surface area contributed by atoms with Crippen LogP contribution in [0, 0.1) is 0 Å². The lowest BCUT2D eigenvalue weighted by molar-refractivity contribution is -0.142. The number of hydrogen-bond donors (Lipinski definition) is 13. The van der Waals surface area contributed by atoms with Gasteiger partial charge in [-0.25, -0.2) is 19.2 Å². The predicted molar refractivity (Wildman–Crippen MR) is 345 cm³/mol. The van der Waals surface area contributed by atoms with Crippen molar-refractivity contribution < 1.29 is 91.2 Å². The molecule has 0 unspecified atom stereocenters. The SMILES string of the molecule is C=CCOC(=O)NCCCC[C@H](NC(=O)CNC(=O)[C@@H]1CCCN1C(=O)[C@H](CCCCNC(=O)OC(C)(C)C)NC(=O)[C@H](C)NC(=O)[C@H](CCCCNC(=O)OCC=C)NC(=O)CNC(=O)[C@@H]1CCCN1C(=O)[C@@H](N)CCCCNC(=O)OC(C)(C)C)C(=O)N[C@@H](C)C(=O)O. The van der Waals surface area contributed by atoms with Gasteiger partial charge in [-0.05, 0) is 158 Å². The largest absolute Gasteiger partial charge is 0.480 e. The van der Waals surface area contributed by atoms with E-state index in [1.54, 1.807) is 41.5 Å². The first-order valence-electron chi connectivity index (χ1n) is 32.4. The second kappa shape index (κ2) is 43.3. The van der Waals surface area contributed by atoms with Crippen LogP contribution in [0.4, 0.5) is 19.2 Å². The van der Waals surface area contributed by atoms with Gasteiger partial charge < -0.3 is 98.1 Å². The fraction of sp³-hybridized carbons (Fsp3) is 0.710. The summed E-state index contributed by atoms with van der Waals surface area (Å²) in [4.78, 5) is 186. The minimum atomic E-state index is -1.37. The molecule has 0 aromatic rings. The third-order valence-corrected chi connectivity index (χ3v) is 14.5. The zero-order valence-corrected chi connectivity index (χ0v) is 56.3. The van der Waals surface area contributed by atoms with Crippen molar-refractivity contribution in [1.29, 1.82) is 0 Å².